The van der Waals surface area contributed by atoms with Crippen molar-refractivity contribution in [3.05, 3.63) is 85.3 Å². The highest BCUT2D eigenvalue weighted by Crippen LogP contribution is 2.57. The molecule has 0 aliphatic carbocycles. The Bertz CT molecular complexity index is 1600. The molecule has 5 rings (SSSR count). The lowest BCUT2D eigenvalue weighted by molar-refractivity contribution is -0.122. The van der Waals surface area contributed by atoms with Crippen molar-refractivity contribution in [1.29, 1.82) is 5.26 Å². The summed E-state index contributed by atoms with van der Waals surface area (Å²) in [4.78, 5) is 40.7. The molecule has 0 saturated carbocycles. The highest BCUT2D eigenvalue weighted by molar-refractivity contribution is 7.14. The monoisotopic (exact) mass is 598 g/mol. The number of amides is 2. The van der Waals surface area contributed by atoms with Crippen LogP contribution in [0.4, 0.5) is 10.1 Å². The van der Waals surface area contributed by atoms with E-state index in [0.717, 1.165) is 11.3 Å². The number of primary amides is 1. The number of halogens is 3. The van der Waals surface area contributed by atoms with Crippen molar-refractivity contribution in [2.24, 2.45) is 11.1 Å². The highest BCUT2D eigenvalue weighted by Gasteiger charge is 2.66. The van der Waals surface area contributed by atoms with Crippen molar-refractivity contribution in [2.45, 2.75) is 50.1 Å². The van der Waals surface area contributed by atoms with Gasteiger partial charge in [-0.3, -0.25) is 14.4 Å². The number of nitriles is 1. The Kier molecular flexibility index (Phi) is 7.26. The van der Waals surface area contributed by atoms with Crippen LogP contribution in [-0.2, 0) is 21.4 Å². The third kappa shape index (κ3) is 4.59. The van der Waals surface area contributed by atoms with Crippen molar-refractivity contribution in [1.82, 2.24) is 5.32 Å². The molecule has 2 aliphatic rings. The van der Waals surface area contributed by atoms with Gasteiger partial charge in [0.1, 0.15) is 11.2 Å². The third-order valence-electron chi connectivity index (χ3n) is 7.74. The molecule has 2 amide bonds. The maximum atomic E-state index is 15.8. The predicted octanol–water partition coefficient (Wildman–Crippen LogP) is 5.36. The van der Waals surface area contributed by atoms with E-state index in [1.807, 2.05) is 0 Å². The van der Waals surface area contributed by atoms with Gasteiger partial charge in [-0.15, -0.1) is 11.3 Å². The number of thiophene rings is 1. The number of benzene rings is 2. The Morgan fingerprint density at radius 3 is 2.62 bits per heavy atom. The molecule has 2 aromatic carbocycles. The normalized spacial score (nSPS) is 23.6. The third-order valence-corrected chi connectivity index (χ3v) is 9.37. The summed E-state index contributed by atoms with van der Waals surface area (Å²) in [6.07, 6.45) is 0.111. The Morgan fingerprint density at radius 1 is 1.20 bits per heavy atom. The van der Waals surface area contributed by atoms with Crippen LogP contribution in [0.25, 0.3) is 0 Å². The topological polar surface area (TPSA) is 125 Å². The molecular weight excluding hydrogens is 574 g/mol. The summed E-state index contributed by atoms with van der Waals surface area (Å²) in [6.45, 7) is 3.50. The van der Waals surface area contributed by atoms with Crippen LogP contribution < -0.4 is 16.4 Å². The summed E-state index contributed by atoms with van der Waals surface area (Å²) in [5.74, 6) is -3.08. The second-order valence-electron chi connectivity index (χ2n) is 10.8. The molecule has 7 nitrogen and oxygen atoms in total. The molecule has 2 aliphatic heterocycles. The minimum atomic E-state index is -1.46. The standard InChI is InChI=1S/C29H25Cl2FN4O3S/c1-28(2,13-33)12-22-29(17-8-6-14(30)10-19(17)35-27(29)39)23(16-4-3-5-18(31)24(16)32)25(36-22)20(37)11-15-7-9-21(40-15)26(34)38/h3-10,22-23,25,36H,11-12H2,1-2H3,(H2,34,38)(H,35,39)/t22-,23-,25-,29+/m0/s1. The lowest BCUT2D eigenvalue weighted by Gasteiger charge is -2.37. The summed E-state index contributed by atoms with van der Waals surface area (Å²) in [5.41, 5.74) is 4.16. The number of carbonyl (C=O) groups is 3. The first kappa shape index (κ1) is 28.2. The molecule has 11 heteroatoms. The number of nitrogens with zero attached hydrogens (tertiary/aromatic N) is 1. The zero-order chi connectivity index (χ0) is 29.0. The minimum Gasteiger partial charge on any atom is -0.365 e. The molecule has 3 heterocycles. The first-order valence-electron chi connectivity index (χ1n) is 12.5. The van der Waals surface area contributed by atoms with Crippen LogP contribution in [0.1, 0.15) is 51.9 Å². The predicted molar refractivity (Wildman–Crippen MR) is 152 cm³/mol. The van der Waals surface area contributed by atoms with Gasteiger partial charge < -0.3 is 16.4 Å². The lowest BCUT2D eigenvalue weighted by Crippen LogP contribution is -2.50. The van der Waals surface area contributed by atoms with Gasteiger partial charge in [-0.05, 0) is 61.7 Å². The number of fused-ring (bicyclic) bond motifs is 2. The molecule has 0 bridgehead atoms. The average molecular weight is 600 g/mol. The zero-order valence-corrected chi connectivity index (χ0v) is 23.9. The van der Waals surface area contributed by atoms with Crippen molar-refractivity contribution in [3.8, 4) is 6.07 Å². The number of Topliss-reactive ketones (excluding diaryl/α,β-unsaturated/α-hetero) is 1. The minimum absolute atomic E-state index is 0.0756. The Labute approximate surface area is 244 Å². The maximum absolute atomic E-state index is 15.8. The van der Waals surface area contributed by atoms with Crippen molar-refractivity contribution >= 4 is 57.8 Å². The van der Waals surface area contributed by atoms with Crippen LogP contribution >= 0.6 is 34.5 Å². The first-order valence-corrected chi connectivity index (χ1v) is 14.1. The molecule has 1 saturated heterocycles. The number of anilines is 1. The molecule has 1 aromatic heterocycles. The van der Waals surface area contributed by atoms with Gasteiger partial charge in [-0.25, -0.2) is 4.39 Å². The smallest absolute Gasteiger partial charge is 0.258 e. The van der Waals surface area contributed by atoms with Crippen LogP contribution in [0.15, 0.2) is 48.5 Å². The molecule has 1 spiro atoms. The van der Waals surface area contributed by atoms with Gasteiger partial charge in [0.25, 0.3) is 5.91 Å². The fraction of sp³-hybridized carbons (Fsp3) is 0.310. The summed E-state index contributed by atoms with van der Waals surface area (Å²) in [7, 11) is 0. The molecule has 0 unspecified atom stereocenters. The van der Waals surface area contributed by atoms with Crippen LogP contribution in [0.2, 0.25) is 10.0 Å². The van der Waals surface area contributed by atoms with Gasteiger partial charge in [0, 0.05) is 34.0 Å². The fourth-order valence-electron chi connectivity index (χ4n) is 6.03. The van der Waals surface area contributed by atoms with E-state index in [1.54, 1.807) is 50.2 Å². The summed E-state index contributed by atoms with van der Waals surface area (Å²) in [5, 5.41) is 16.4. The van der Waals surface area contributed by atoms with Crippen molar-refractivity contribution in [3.63, 3.8) is 0 Å². The van der Waals surface area contributed by atoms with E-state index in [9.17, 15) is 19.6 Å². The number of nitrogens with two attached hydrogens (primary N) is 1. The number of nitrogens with one attached hydrogen (secondary N) is 2. The van der Waals surface area contributed by atoms with Gasteiger partial charge in [0.2, 0.25) is 5.91 Å². The molecule has 0 radical (unpaired) electrons. The van der Waals surface area contributed by atoms with Crippen molar-refractivity contribution < 1.29 is 18.8 Å². The molecule has 1 fully saturated rings. The van der Waals surface area contributed by atoms with Crippen LogP contribution in [0, 0.1) is 22.6 Å². The average Bonchev–Trinajstić information content (AvgIpc) is 3.56. The second-order valence-corrected chi connectivity index (χ2v) is 12.8. The Hall–Kier alpha value is -3.29. The van der Waals surface area contributed by atoms with Crippen LogP contribution in [0.5, 0.6) is 0 Å². The number of ketones is 1. The first-order chi connectivity index (χ1) is 18.9. The van der Waals surface area contributed by atoms with E-state index < -0.39 is 46.5 Å². The number of hydrogen-bond donors (Lipinski definition) is 3. The number of hydrogen-bond acceptors (Lipinski definition) is 6. The molecular formula is C29H25Cl2FN4O3S. The van der Waals surface area contributed by atoms with E-state index in [-0.39, 0.29) is 29.2 Å². The fourth-order valence-corrected chi connectivity index (χ4v) is 7.26. The van der Waals surface area contributed by atoms with Gasteiger partial charge in [-0.2, -0.15) is 5.26 Å². The van der Waals surface area contributed by atoms with Crippen molar-refractivity contribution in [2.75, 3.05) is 5.32 Å². The molecule has 206 valence electrons. The largest absolute Gasteiger partial charge is 0.365 e. The van der Waals surface area contributed by atoms with E-state index >= 15 is 4.39 Å². The number of rotatable bonds is 7. The van der Waals surface area contributed by atoms with E-state index in [0.29, 0.717) is 26.0 Å². The van der Waals surface area contributed by atoms with Crippen LogP contribution in [-0.4, -0.2) is 29.7 Å². The Balaban J connectivity index is 1.72. The molecule has 4 atom stereocenters. The van der Waals surface area contributed by atoms with Gasteiger partial charge >= 0.3 is 0 Å². The Morgan fingerprint density at radius 2 is 1.95 bits per heavy atom. The summed E-state index contributed by atoms with van der Waals surface area (Å²) < 4.78 is 15.8. The lowest BCUT2D eigenvalue weighted by atomic mass is 9.62. The molecule has 3 aromatic rings. The maximum Gasteiger partial charge on any atom is 0.258 e. The van der Waals surface area contributed by atoms with E-state index in [1.165, 1.54) is 12.1 Å². The van der Waals surface area contributed by atoms with E-state index in [2.05, 4.69) is 16.7 Å². The number of carbonyl (C=O) groups excluding carboxylic acids is 3. The summed E-state index contributed by atoms with van der Waals surface area (Å²) >= 11 is 13.6. The SMILES string of the molecule is CC(C)(C#N)C[C@@H]1N[C@@H](C(=O)Cc2ccc(C(N)=O)s2)[C@H](c2cccc(Cl)c2F)[C@]12C(=O)Nc1cc(Cl)ccc12. The highest BCUT2D eigenvalue weighted by atomic mass is 35.5. The molecule has 40 heavy (non-hydrogen) atoms. The van der Waals surface area contributed by atoms with Gasteiger partial charge in [0.05, 0.1) is 27.4 Å². The zero-order valence-electron chi connectivity index (χ0n) is 21.6. The quantitative estimate of drug-likeness (QED) is 0.337. The van der Waals surface area contributed by atoms with Gasteiger partial charge in [-0.1, -0.05) is 41.4 Å². The molecule has 4 N–H and O–H groups in total. The second kappa shape index (κ2) is 10.3. The van der Waals surface area contributed by atoms with Crippen LogP contribution in [0.3, 0.4) is 0 Å². The van der Waals surface area contributed by atoms with E-state index in [4.69, 9.17) is 28.9 Å². The van der Waals surface area contributed by atoms with Gasteiger partial charge in [0.15, 0.2) is 5.78 Å². The summed E-state index contributed by atoms with van der Waals surface area (Å²) in [6, 6.07) is 13.2.